The first kappa shape index (κ1) is 19.8. The maximum absolute atomic E-state index is 3.70. The van der Waals surface area contributed by atoms with Gasteiger partial charge in [-0.2, -0.15) is 0 Å². The van der Waals surface area contributed by atoms with Crippen LogP contribution >= 0.6 is 0 Å². The molecule has 2 aromatic rings. The zero-order chi connectivity index (χ0) is 20.2. The molecule has 2 saturated heterocycles. The molecule has 2 heterocycles. The number of hydrogen-bond donors (Lipinski definition) is 1. The maximum atomic E-state index is 3.70. The number of nitrogens with zero attached hydrogens (tertiary/aromatic N) is 1. The van der Waals surface area contributed by atoms with Gasteiger partial charge >= 0.3 is 0 Å². The summed E-state index contributed by atoms with van der Waals surface area (Å²) in [6, 6.07) is 18.6. The Balaban J connectivity index is 1.31. The Kier molecular flexibility index (Phi) is 6.15. The summed E-state index contributed by atoms with van der Waals surface area (Å²) in [5.41, 5.74) is 8.65. The van der Waals surface area contributed by atoms with E-state index in [1.54, 1.807) is 5.57 Å². The molecule has 2 aromatic carbocycles. The number of rotatable bonds is 4. The summed E-state index contributed by atoms with van der Waals surface area (Å²) < 4.78 is 0. The Bertz CT molecular complexity index is 872. The molecule has 2 aliphatic heterocycles. The largest absolute Gasteiger partial charge is 0.314 e. The van der Waals surface area contributed by atoms with Crippen molar-refractivity contribution >= 4 is 17.7 Å². The standard InChI is InChI=1S/C28H34N2/c1-3-12-26-22(8-1)14-15-23-9-2-4-13-27(23)28(26)24-16-20-30(21-17-24)19-7-11-25-10-5-6-18-29-25/h1-4,8-9,12-15,25,29H,5-7,10-11,16-21H2. The van der Waals surface area contributed by atoms with Gasteiger partial charge < -0.3 is 10.2 Å². The van der Waals surface area contributed by atoms with Crippen LogP contribution < -0.4 is 5.32 Å². The minimum Gasteiger partial charge on any atom is -0.314 e. The lowest BCUT2D eigenvalue weighted by Gasteiger charge is -2.31. The summed E-state index contributed by atoms with van der Waals surface area (Å²) >= 11 is 0. The average Bonchev–Trinajstić information content (AvgIpc) is 2.97. The molecule has 2 heteroatoms. The molecule has 0 saturated carbocycles. The second kappa shape index (κ2) is 9.32. The summed E-state index contributed by atoms with van der Waals surface area (Å²) in [5, 5.41) is 3.70. The molecule has 1 N–H and O–H groups in total. The number of piperidine rings is 2. The van der Waals surface area contributed by atoms with E-state index in [0.717, 1.165) is 6.04 Å². The van der Waals surface area contributed by atoms with Crippen molar-refractivity contribution in [3.63, 3.8) is 0 Å². The van der Waals surface area contributed by atoms with Crippen LogP contribution in [0.25, 0.3) is 17.7 Å². The topological polar surface area (TPSA) is 15.3 Å². The number of fused-ring (bicyclic) bond motifs is 2. The Morgan fingerprint density at radius 2 is 1.50 bits per heavy atom. The van der Waals surface area contributed by atoms with Crippen LogP contribution in [0.3, 0.4) is 0 Å². The molecule has 0 radical (unpaired) electrons. The fourth-order valence-electron chi connectivity index (χ4n) is 5.47. The summed E-state index contributed by atoms with van der Waals surface area (Å²) in [4.78, 5) is 2.69. The summed E-state index contributed by atoms with van der Waals surface area (Å²) in [5.74, 6) is 0. The summed E-state index contributed by atoms with van der Waals surface area (Å²) in [6.45, 7) is 4.89. The lowest BCUT2D eigenvalue weighted by atomic mass is 9.86. The van der Waals surface area contributed by atoms with E-state index in [-0.39, 0.29) is 0 Å². The van der Waals surface area contributed by atoms with E-state index < -0.39 is 0 Å². The van der Waals surface area contributed by atoms with Gasteiger partial charge in [-0.3, -0.25) is 0 Å². The van der Waals surface area contributed by atoms with E-state index in [1.165, 1.54) is 99.0 Å². The number of nitrogens with one attached hydrogen (secondary N) is 1. The lowest BCUT2D eigenvalue weighted by molar-refractivity contribution is 0.243. The number of hydrogen-bond acceptors (Lipinski definition) is 2. The molecule has 0 amide bonds. The van der Waals surface area contributed by atoms with E-state index >= 15 is 0 Å². The van der Waals surface area contributed by atoms with Crippen molar-refractivity contribution in [1.29, 1.82) is 0 Å². The Morgan fingerprint density at radius 1 is 0.833 bits per heavy atom. The molecule has 0 aromatic heterocycles. The van der Waals surface area contributed by atoms with Gasteiger partial charge in [0, 0.05) is 19.1 Å². The van der Waals surface area contributed by atoms with Crippen LogP contribution in [-0.2, 0) is 0 Å². The molecule has 156 valence electrons. The van der Waals surface area contributed by atoms with E-state index in [0.29, 0.717) is 0 Å². The third-order valence-electron chi connectivity index (χ3n) is 7.16. The zero-order valence-electron chi connectivity index (χ0n) is 18.1. The van der Waals surface area contributed by atoms with Gasteiger partial charge in [0.15, 0.2) is 0 Å². The van der Waals surface area contributed by atoms with Crippen molar-refractivity contribution in [2.24, 2.45) is 0 Å². The molecule has 1 atom stereocenters. The Morgan fingerprint density at radius 3 is 2.13 bits per heavy atom. The maximum Gasteiger partial charge on any atom is 0.00675 e. The monoisotopic (exact) mass is 398 g/mol. The van der Waals surface area contributed by atoms with E-state index in [4.69, 9.17) is 0 Å². The molecule has 1 unspecified atom stereocenters. The second-order valence-corrected chi connectivity index (χ2v) is 9.12. The molecule has 30 heavy (non-hydrogen) atoms. The highest BCUT2D eigenvalue weighted by atomic mass is 15.1. The minimum atomic E-state index is 0.771. The van der Waals surface area contributed by atoms with Gasteiger partial charge in [0.2, 0.25) is 0 Å². The second-order valence-electron chi connectivity index (χ2n) is 9.12. The van der Waals surface area contributed by atoms with Crippen molar-refractivity contribution in [2.75, 3.05) is 26.2 Å². The first-order valence-corrected chi connectivity index (χ1v) is 11.9. The molecule has 1 aliphatic carbocycles. The van der Waals surface area contributed by atoms with E-state index in [2.05, 4.69) is 70.9 Å². The van der Waals surface area contributed by atoms with Gasteiger partial charge in [0.05, 0.1) is 0 Å². The zero-order valence-corrected chi connectivity index (χ0v) is 18.1. The van der Waals surface area contributed by atoms with Crippen LogP contribution in [0.1, 0.15) is 67.2 Å². The highest BCUT2D eigenvalue weighted by Crippen LogP contribution is 2.38. The van der Waals surface area contributed by atoms with E-state index in [9.17, 15) is 0 Å². The van der Waals surface area contributed by atoms with Crippen molar-refractivity contribution in [1.82, 2.24) is 10.2 Å². The molecular formula is C28H34N2. The van der Waals surface area contributed by atoms with Crippen molar-refractivity contribution < 1.29 is 0 Å². The van der Waals surface area contributed by atoms with Crippen LogP contribution in [-0.4, -0.2) is 37.1 Å². The lowest BCUT2D eigenvalue weighted by Crippen LogP contribution is -2.36. The molecule has 3 aliphatic rings. The van der Waals surface area contributed by atoms with Crippen LogP contribution in [0.15, 0.2) is 54.1 Å². The number of likely N-dealkylation sites (tertiary alicyclic amines) is 1. The van der Waals surface area contributed by atoms with Gasteiger partial charge in [-0.25, -0.2) is 0 Å². The van der Waals surface area contributed by atoms with Gasteiger partial charge in [-0.05, 0) is 79.4 Å². The molecular weight excluding hydrogens is 364 g/mol. The van der Waals surface area contributed by atoms with Crippen LogP contribution in [0.4, 0.5) is 0 Å². The molecule has 2 fully saturated rings. The quantitative estimate of drug-likeness (QED) is 0.581. The van der Waals surface area contributed by atoms with E-state index in [1.807, 2.05) is 0 Å². The van der Waals surface area contributed by atoms with Gasteiger partial charge in [-0.15, -0.1) is 0 Å². The predicted octanol–water partition coefficient (Wildman–Crippen LogP) is 5.99. The smallest absolute Gasteiger partial charge is 0.00675 e. The van der Waals surface area contributed by atoms with Crippen LogP contribution in [0.2, 0.25) is 0 Å². The average molecular weight is 399 g/mol. The summed E-state index contributed by atoms with van der Waals surface area (Å²) in [6.07, 6.45) is 13.8. The predicted molar refractivity (Wildman–Crippen MR) is 128 cm³/mol. The highest BCUT2D eigenvalue weighted by Gasteiger charge is 2.22. The van der Waals surface area contributed by atoms with Crippen molar-refractivity contribution in [3.05, 3.63) is 76.4 Å². The SMILES string of the molecule is C1=Cc2ccccc2C(=C2CCN(CCCC3CCCCN3)CC2)c2ccccc21. The van der Waals surface area contributed by atoms with Gasteiger partial charge in [-0.1, -0.05) is 72.7 Å². The molecule has 0 spiro atoms. The van der Waals surface area contributed by atoms with Crippen molar-refractivity contribution in [3.8, 4) is 0 Å². The minimum absolute atomic E-state index is 0.771. The molecule has 5 rings (SSSR count). The highest BCUT2D eigenvalue weighted by molar-refractivity contribution is 5.94. The molecule has 2 nitrogen and oxygen atoms in total. The Labute approximate surface area is 181 Å². The molecule has 0 bridgehead atoms. The normalized spacial score (nSPS) is 21.8. The van der Waals surface area contributed by atoms with Gasteiger partial charge in [0.1, 0.15) is 0 Å². The Hall–Kier alpha value is -2.16. The third kappa shape index (κ3) is 4.31. The van der Waals surface area contributed by atoms with Crippen LogP contribution in [0.5, 0.6) is 0 Å². The van der Waals surface area contributed by atoms with Crippen molar-refractivity contribution in [2.45, 2.75) is 51.0 Å². The third-order valence-corrected chi connectivity index (χ3v) is 7.16. The number of benzene rings is 2. The fourth-order valence-corrected chi connectivity index (χ4v) is 5.47. The fraction of sp³-hybridized carbons (Fsp3) is 0.429. The van der Waals surface area contributed by atoms with Crippen LogP contribution in [0, 0.1) is 0 Å². The van der Waals surface area contributed by atoms with Gasteiger partial charge in [0.25, 0.3) is 0 Å². The summed E-state index contributed by atoms with van der Waals surface area (Å²) in [7, 11) is 0. The first-order chi connectivity index (χ1) is 14.9. The first-order valence-electron chi connectivity index (χ1n) is 11.9.